The van der Waals surface area contributed by atoms with Crippen molar-refractivity contribution in [2.24, 2.45) is 47.3 Å². The Kier molecular flexibility index (Phi) is 37.9. The molecule has 10 fully saturated rings. The Bertz CT molecular complexity index is 4760. The van der Waals surface area contributed by atoms with Gasteiger partial charge in [0.15, 0.2) is 36.7 Å². The number of aliphatic hydroxyl groups excluding tert-OH is 4. The minimum Gasteiger partial charge on any atom is -0.462 e. The predicted molar refractivity (Wildman–Crippen MR) is 523 cm³/mol. The molecule has 39 atom stereocenters. The zero-order valence-corrected chi connectivity index (χ0v) is 87.4. The highest BCUT2D eigenvalue weighted by molar-refractivity contribution is 7.99. The maximum absolute atomic E-state index is 14.4. The van der Waals surface area contributed by atoms with Crippen molar-refractivity contribution in [2.75, 3.05) is 59.8 Å². The summed E-state index contributed by atoms with van der Waals surface area (Å²) in [5.41, 5.74) is 2.10. The van der Waals surface area contributed by atoms with E-state index in [0.29, 0.717) is 123 Å². The number of carbonyl (C=O) groups excluding carboxylic acids is 3. The molecule has 14 aliphatic rings. The van der Waals surface area contributed by atoms with Crippen molar-refractivity contribution in [2.45, 2.75) is 420 Å². The molecule has 13 heterocycles. The Hall–Kier alpha value is -5.79. The van der Waals surface area contributed by atoms with E-state index in [1.54, 1.807) is 92.2 Å². The Morgan fingerprint density at radius 1 is 0.553 bits per heavy atom. The van der Waals surface area contributed by atoms with Crippen molar-refractivity contribution in [1.82, 2.24) is 9.97 Å². The lowest BCUT2D eigenvalue weighted by Crippen LogP contribution is -2.58. The van der Waals surface area contributed by atoms with Crippen LogP contribution in [-0.4, -0.2) is 308 Å². The molecular weight excluding hydrogens is 1840 g/mol. The summed E-state index contributed by atoms with van der Waals surface area (Å²) in [5, 5.41) is 71.0. The molecule has 12 aliphatic heterocycles. The van der Waals surface area contributed by atoms with E-state index in [-0.39, 0.29) is 67.6 Å². The number of esters is 2. The van der Waals surface area contributed by atoms with Gasteiger partial charge in [0, 0.05) is 109 Å². The number of H-pyrrole nitrogens is 1. The summed E-state index contributed by atoms with van der Waals surface area (Å²) in [4.78, 5) is 48.2. The smallest absolute Gasteiger partial charge is 0.413 e. The van der Waals surface area contributed by atoms with Gasteiger partial charge in [-0.25, -0.2) is 9.78 Å². The first-order valence-corrected chi connectivity index (χ1v) is 52.5. The average Bonchev–Trinajstić information content (AvgIpc) is 1.60. The molecule has 8 N–H and O–H groups in total. The van der Waals surface area contributed by atoms with Crippen LogP contribution in [0.4, 0.5) is 10.7 Å². The highest BCUT2D eigenvalue weighted by Gasteiger charge is 2.63. The average molecular weight is 2000 g/mol. The van der Waals surface area contributed by atoms with Crippen molar-refractivity contribution in [1.29, 1.82) is 0 Å². The number of ether oxygens (including phenoxy) is 21. The van der Waals surface area contributed by atoms with Crippen LogP contribution in [0.25, 0.3) is 11.0 Å². The van der Waals surface area contributed by atoms with Gasteiger partial charge in [0.05, 0.1) is 117 Å². The molecule has 0 saturated carbocycles. The van der Waals surface area contributed by atoms with Crippen LogP contribution in [0.2, 0.25) is 0 Å². The summed E-state index contributed by atoms with van der Waals surface area (Å²) in [6.07, 6.45) is 12.7. The lowest BCUT2D eigenvalue weighted by Gasteiger charge is -2.51. The van der Waals surface area contributed by atoms with Crippen molar-refractivity contribution >= 4 is 46.8 Å². The summed E-state index contributed by atoms with van der Waals surface area (Å²) in [5.74, 6) is -2.77. The number of aromatic amines is 1. The van der Waals surface area contributed by atoms with Crippen molar-refractivity contribution in [3.63, 3.8) is 0 Å². The molecule has 1 aromatic heterocycles. The van der Waals surface area contributed by atoms with Crippen molar-refractivity contribution in [3.8, 4) is 0 Å². The van der Waals surface area contributed by atoms with E-state index in [9.17, 15) is 45.0 Å². The van der Waals surface area contributed by atoms with Crippen LogP contribution in [0.1, 0.15) is 220 Å². The molecule has 34 heteroatoms. The number of fused-ring (bicyclic) bond motifs is 5. The molecule has 0 unspecified atom stereocenters. The second-order valence-electron chi connectivity index (χ2n) is 42.3. The van der Waals surface area contributed by atoms with E-state index < -0.39 is 188 Å². The van der Waals surface area contributed by atoms with Gasteiger partial charge in [-0.1, -0.05) is 129 Å². The van der Waals surface area contributed by atoms with Gasteiger partial charge in [0.1, 0.15) is 84.1 Å². The van der Waals surface area contributed by atoms with Gasteiger partial charge in [0.25, 0.3) is 0 Å². The Morgan fingerprint density at radius 3 is 1.42 bits per heavy atom. The van der Waals surface area contributed by atoms with Crippen LogP contribution >= 0.6 is 11.8 Å². The highest BCUT2D eigenvalue weighted by Crippen LogP contribution is 2.52. The molecule has 1 aromatic carbocycles. The Labute approximate surface area is 836 Å². The number of nitrogens with zero attached hydrogens (tertiary/aromatic N) is 1. The largest absolute Gasteiger partial charge is 0.462 e. The van der Waals surface area contributed by atoms with Gasteiger partial charge in [-0.2, -0.15) is 0 Å². The third-order valence-corrected chi connectivity index (χ3v) is 32.8. The van der Waals surface area contributed by atoms with Crippen LogP contribution in [0.3, 0.4) is 0 Å². The van der Waals surface area contributed by atoms with Gasteiger partial charge in [-0.3, -0.25) is 14.9 Å². The number of thioether (sulfide) groups is 1. The summed E-state index contributed by atoms with van der Waals surface area (Å²) in [7, 11) is 7.77. The number of imidazole rings is 1. The van der Waals surface area contributed by atoms with E-state index >= 15 is 0 Å². The topological polar surface area (TPSA) is 407 Å². The number of rotatable bonds is 19. The molecule has 2 spiro atoms. The zero-order chi connectivity index (χ0) is 102. The fourth-order valence-corrected chi connectivity index (χ4v) is 24.1. The first kappa shape index (κ1) is 111. The number of nitrogens with one attached hydrogen (secondary N) is 2. The molecule has 141 heavy (non-hydrogen) atoms. The van der Waals surface area contributed by atoms with Gasteiger partial charge >= 0.3 is 18.0 Å². The van der Waals surface area contributed by atoms with E-state index in [1.807, 2.05) is 56.4 Å². The number of aromatic nitrogens is 2. The highest BCUT2D eigenvalue weighted by atomic mass is 32.2. The molecule has 10 saturated heterocycles. The second kappa shape index (κ2) is 48.2. The first-order chi connectivity index (χ1) is 67.2. The fraction of sp³-hybridized carbons (Fsp3) is 0.757. The van der Waals surface area contributed by atoms with Crippen LogP contribution < -0.4 is 5.32 Å². The number of benzene rings is 1. The summed E-state index contributed by atoms with van der Waals surface area (Å²) < 4.78 is 132. The van der Waals surface area contributed by atoms with Crippen LogP contribution in [0.5, 0.6) is 0 Å². The SMILES string of the molecule is CCCSc1ccc2[nH]c(NC(=O)OC)nc2c1.CC[C@H](C)[C@H]1O[C@]2(CC[C@@H]1C)C[C@@H]1C[C@@H](C/C=C(\C)[C@@H](O[C@H]3C[C@H](OC)[C@@H](O[C@H]4C[C@H](OC)[C@@H](O)[C@H](C)O4)[C@H](C)O3)[C@@H](C)/C=C/C=C3\CO[C@@H]4[C@H](O)C(C)=C[C@@H](C(=O)O1)[C@]34O)O2.CO[C@H]1C[C@H](O[C@H]2[C@H](C)O[C@@H](O[C@@H]3/C(C)=C/C[C@@H]4C[C@@H](C[C@]5(CC[C@H](C)[C@@H](C(C)C)O5)O4)OC(=O)[C@@H]4C=C(C)[C@@H](O)[C@H]5OC/C(=C\C=C\[C@@H]3C)[C@]54O)C[C@@H]2OC)O[C@@H](C)[C@@H]1O. The molecule has 4 bridgehead atoms. The number of allylic oxidation sites excluding steroid dienone is 4. The van der Waals surface area contributed by atoms with E-state index in [4.69, 9.17) is 94.7 Å². The number of methoxy groups -OCH3 is 5. The molecule has 790 valence electrons. The third kappa shape index (κ3) is 25.2. The summed E-state index contributed by atoms with van der Waals surface area (Å²) in [6.45, 7) is 34.6. The number of hydrogen-bond donors (Lipinski definition) is 8. The maximum Gasteiger partial charge on any atom is 0.413 e. The number of anilines is 1. The monoisotopic (exact) mass is 2000 g/mol. The predicted octanol–water partition coefficient (Wildman–Crippen LogP) is 14.1. The molecule has 1 amide bonds. The minimum atomic E-state index is -1.82. The van der Waals surface area contributed by atoms with Crippen molar-refractivity contribution < 1.29 is 144 Å². The van der Waals surface area contributed by atoms with Crippen LogP contribution in [0, 0.1) is 47.3 Å². The molecule has 33 nitrogen and oxygen atoms in total. The summed E-state index contributed by atoms with van der Waals surface area (Å²) >= 11 is 1.80. The summed E-state index contributed by atoms with van der Waals surface area (Å²) in [6, 6.07) is 6.01. The Balaban J connectivity index is 0.000000190. The van der Waals surface area contributed by atoms with E-state index in [0.717, 1.165) is 53.6 Å². The van der Waals surface area contributed by atoms with Crippen LogP contribution in [0.15, 0.2) is 117 Å². The quantitative estimate of drug-likeness (QED) is 0.0280. The Morgan fingerprint density at radius 2 is 0.986 bits per heavy atom. The zero-order valence-electron chi connectivity index (χ0n) is 86.6. The van der Waals surface area contributed by atoms with Crippen LogP contribution in [-0.2, 0) is 109 Å². The fourth-order valence-electron chi connectivity index (χ4n) is 23.3. The molecule has 2 aromatic rings. The molecule has 0 radical (unpaired) electrons. The van der Waals surface area contributed by atoms with E-state index in [2.05, 4.69) is 108 Å². The van der Waals surface area contributed by atoms with E-state index in [1.165, 1.54) is 12.0 Å². The minimum absolute atomic E-state index is 0.00708. The van der Waals surface area contributed by atoms with Gasteiger partial charge < -0.3 is 135 Å². The third-order valence-electron chi connectivity index (χ3n) is 31.6. The van der Waals surface area contributed by atoms with Gasteiger partial charge in [-0.15, -0.1) is 11.8 Å². The normalized spacial score (nSPS) is 44.5. The lowest BCUT2D eigenvalue weighted by atomic mass is 9.71. The number of aliphatic hydroxyl groups is 6. The molecular formula is C107H161N3O30S. The molecule has 16 rings (SSSR count). The number of amides is 1. The maximum atomic E-state index is 14.4. The van der Waals surface area contributed by atoms with Crippen molar-refractivity contribution in [3.05, 3.63) is 112 Å². The first-order valence-electron chi connectivity index (χ1n) is 51.5. The van der Waals surface area contributed by atoms with Gasteiger partial charge in [0.2, 0.25) is 5.95 Å². The number of hydrogen-bond acceptors (Lipinski definition) is 32. The molecule has 2 aliphatic carbocycles. The van der Waals surface area contributed by atoms with Gasteiger partial charge in [-0.05, 0) is 169 Å². The standard InChI is InChI=1S/C48H74O14.C47H72O14.C12H15N3O2S/c1-11-25(2)43-28(5)17-18-47(62-43)23-34-20-33(61-47)16-15-27(4)42(26(3)13-12-14-32-24-55-45-40(49)29(6)19-35(46(51)58-34)48(32,45)52)59-39-22-37(54-10)44(31(8)57-39)60-38-21-36(53-9)41(50)30(7)56-38;1-24(2)41-27(5)16-17-46(61-41)22-33-19-32(60-46)15-14-26(4)42(25(3)12-11-13-31-23-54-44-39(48)28(6)18-34(45(50)57-33)47(31,44)51)58-38-21-36(53-10)43(30(8)56-38)59-37-20-35(52-9)40(49)29(7)55-37;1-3-6-18-8-4-5-9-10(7-8)14-11(13-9)15-12(16)17-2/h12-15,19,25-26,28,30-31,33-45,49-50,52H,11,16-18,20-24H2,1-10H3;11-14,18,24-25,27,29-30,32-44,48-49,51H,15-17,19-23H2,1-10H3;4-5,7H,3,6H2,1-2H3,(H2,13,14,15,16)/b13-12+,27-15+,32-14+;12-11+,26-14+,31-13+;/t25-,26-,28-,30-,31-,33+,34-,35-,36-,37-,38-,39-,40+,41-,42-,43+,44-,45+,47+,48+;25-,27-,29-,30-,32+,33-,34-,35-,36-,37-,38-,39+,40-,41+,42-,43-,44+,46+,47+;/m00./s1. The lowest BCUT2D eigenvalue weighted by molar-refractivity contribution is -0.341. The second-order valence-corrected chi connectivity index (χ2v) is 43.5. The number of carbonyl (C=O) groups is 3.